The van der Waals surface area contributed by atoms with Crippen LogP contribution < -0.4 is 0 Å². The van der Waals surface area contributed by atoms with Crippen molar-refractivity contribution in [3.8, 4) is 0 Å². The normalized spacial score (nSPS) is 29.0. The van der Waals surface area contributed by atoms with Crippen LogP contribution in [0.2, 0.25) is 0 Å². The molecule has 0 aliphatic carbocycles. The van der Waals surface area contributed by atoms with Gasteiger partial charge in [-0.15, -0.1) is 0 Å². The van der Waals surface area contributed by atoms with E-state index in [0.717, 1.165) is 5.57 Å². The predicted molar refractivity (Wildman–Crippen MR) is 43.9 cm³/mol. The molecule has 1 aliphatic rings. The molecule has 1 saturated heterocycles. The maximum Gasteiger partial charge on any atom is 0.407 e. The summed E-state index contributed by atoms with van der Waals surface area (Å²) in [6.45, 7) is 6.07. The molecular formula is C8H13NO3. The van der Waals surface area contributed by atoms with E-state index < -0.39 is 12.2 Å². The average molecular weight is 171 g/mol. The molecule has 0 bridgehead atoms. The number of nitrogens with zero attached hydrogens (tertiary/aromatic N) is 1. The van der Waals surface area contributed by atoms with Crippen molar-refractivity contribution in [2.45, 2.75) is 13.0 Å². The second-order valence-electron chi connectivity index (χ2n) is 3.21. The fourth-order valence-corrected chi connectivity index (χ4v) is 1.43. The number of carboxylic acid groups (broad SMARTS) is 1. The van der Waals surface area contributed by atoms with Gasteiger partial charge in [-0.05, 0) is 6.92 Å². The highest BCUT2D eigenvalue weighted by molar-refractivity contribution is 5.65. The number of hydrogen-bond acceptors (Lipinski definition) is 2. The highest BCUT2D eigenvalue weighted by Crippen LogP contribution is 2.22. The van der Waals surface area contributed by atoms with Crippen LogP contribution in [-0.2, 0) is 0 Å². The Bertz CT molecular complexity index is 214. The molecule has 1 aliphatic heterocycles. The van der Waals surface area contributed by atoms with E-state index in [1.807, 2.05) is 0 Å². The Morgan fingerprint density at radius 3 is 2.42 bits per heavy atom. The molecule has 0 saturated carbocycles. The quantitative estimate of drug-likeness (QED) is 0.566. The molecule has 0 aromatic heterocycles. The first-order valence-corrected chi connectivity index (χ1v) is 3.83. The molecule has 4 nitrogen and oxygen atoms in total. The fourth-order valence-electron chi connectivity index (χ4n) is 1.43. The molecule has 1 fully saturated rings. The molecule has 0 aromatic carbocycles. The van der Waals surface area contributed by atoms with Crippen LogP contribution in [-0.4, -0.2) is 40.4 Å². The van der Waals surface area contributed by atoms with E-state index >= 15 is 0 Å². The standard InChI is InChI=1S/C8H13NO3/c1-5(2)6-3-9(8(11)12)4-7(6)10/h6-7,10H,1,3-4H2,2H3,(H,11,12). The summed E-state index contributed by atoms with van der Waals surface area (Å²) >= 11 is 0. The van der Waals surface area contributed by atoms with Gasteiger partial charge in [0, 0.05) is 12.5 Å². The zero-order valence-corrected chi connectivity index (χ0v) is 7.03. The van der Waals surface area contributed by atoms with Gasteiger partial charge in [0.2, 0.25) is 0 Å². The number of rotatable bonds is 1. The van der Waals surface area contributed by atoms with Crippen LogP contribution in [0.3, 0.4) is 0 Å². The third kappa shape index (κ3) is 1.58. The summed E-state index contributed by atoms with van der Waals surface area (Å²) in [6, 6.07) is 0. The summed E-state index contributed by atoms with van der Waals surface area (Å²) in [5, 5.41) is 18.0. The van der Waals surface area contributed by atoms with Crippen LogP contribution in [0.15, 0.2) is 12.2 Å². The number of β-amino-alcohol motifs (C(OH)–C–C–N with tert-alkyl or cyclic N) is 1. The summed E-state index contributed by atoms with van der Waals surface area (Å²) in [7, 11) is 0. The highest BCUT2D eigenvalue weighted by atomic mass is 16.4. The van der Waals surface area contributed by atoms with Gasteiger partial charge in [0.25, 0.3) is 0 Å². The van der Waals surface area contributed by atoms with Crippen LogP contribution in [0.25, 0.3) is 0 Å². The van der Waals surface area contributed by atoms with Gasteiger partial charge in [-0.1, -0.05) is 12.2 Å². The van der Waals surface area contributed by atoms with Gasteiger partial charge in [-0.3, -0.25) is 0 Å². The minimum absolute atomic E-state index is 0.0962. The van der Waals surface area contributed by atoms with Crippen LogP contribution >= 0.6 is 0 Å². The molecule has 0 radical (unpaired) electrons. The van der Waals surface area contributed by atoms with Gasteiger partial charge in [0.05, 0.1) is 12.6 Å². The second kappa shape index (κ2) is 3.15. The number of aliphatic hydroxyl groups excluding tert-OH is 1. The van der Waals surface area contributed by atoms with E-state index in [0.29, 0.717) is 6.54 Å². The van der Waals surface area contributed by atoms with Crippen molar-refractivity contribution in [3.63, 3.8) is 0 Å². The molecule has 12 heavy (non-hydrogen) atoms. The highest BCUT2D eigenvalue weighted by Gasteiger charge is 2.33. The molecule has 2 N–H and O–H groups in total. The van der Waals surface area contributed by atoms with Crippen molar-refractivity contribution in [3.05, 3.63) is 12.2 Å². The summed E-state index contributed by atoms with van der Waals surface area (Å²) in [5.41, 5.74) is 0.839. The van der Waals surface area contributed by atoms with Crippen molar-refractivity contribution in [2.24, 2.45) is 5.92 Å². The molecule has 0 spiro atoms. The van der Waals surface area contributed by atoms with E-state index in [9.17, 15) is 9.90 Å². The van der Waals surface area contributed by atoms with Gasteiger partial charge in [0.15, 0.2) is 0 Å². The average Bonchev–Trinajstić information content (AvgIpc) is 2.30. The Kier molecular flexibility index (Phi) is 2.38. The minimum atomic E-state index is -0.974. The zero-order chi connectivity index (χ0) is 9.30. The Morgan fingerprint density at radius 2 is 2.17 bits per heavy atom. The summed E-state index contributed by atoms with van der Waals surface area (Å²) in [6.07, 6.45) is -1.56. The first-order chi connectivity index (χ1) is 5.52. The number of carbonyl (C=O) groups is 1. The van der Waals surface area contributed by atoms with E-state index in [-0.39, 0.29) is 12.5 Å². The Labute approximate surface area is 71.1 Å². The Balaban J connectivity index is 2.62. The van der Waals surface area contributed by atoms with Crippen LogP contribution in [0.4, 0.5) is 4.79 Å². The maximum atomic E-state index is 10.5. The van der Waals surface area contributed by atoms with Crippen LogP contribution in [0, 0.1) is 5.92 Å². The van der Waals surface area contributed by atoms with Gasteiger partial charge >= 0.3 is 6.09 Å². The lowest BCUT2D eigenvalue weighted by Crippen LogP contribution is -2.27. The van der Waals surface area contributed by atoms with Crippen LogP contribution in [0.5, 0.6) is 0 Å². The summed E-state index contributed by atoms with van der Waals surface area (Å²) in [5.74, 6) is -0.0962. The molecule has 2 unspecified atom stereocenters. The first-order valence-electron chi connectivity index (χ1n) is 3.83. The lowest BCUT2D eigenvalue weighted by atomic mass is 9.99. The molecule has 1 amide bonds. The first kappa shape index (κ1) is 9.06. The Hall–Kier alpha value is -1.03. The van der Waals surface area contributed by atoms with Gasteiger partial charge < -0.3 is 15.1 Å². The van der Waals surface area contributed by atoms with Gasteiger partial charge in [-0.2, -0.15) is 0 Å². The molecule has 1 heterocycles. The van der Waals surface area contributed by atoms with Crippen molar-refractivity contribution in [1.29, 1.82) is 0 Å². The maximum absolute atomic E-state index is 10.5. The predicted octanol–water partition coefficient (Wildman–Crippen LogP) is 0.533. The lowest BCUT2D eigenvalue weighted by molar-refractivity contribution is 0.136. The second-order valence-corrected chi connectivity index (χ2v) is 3.21. The van der Waals surface area contributed by atoms with Gasteiger partial charge in [0.1, 0.15) is 0 Å². The molecule has 4 heteroatoms. The largest absolute Gasteiger partial charge is 0.465 e. The number of likely N-dealkylation sites (tertiary alicyclic amines) is 1. The zero-order valence-electron chi connectivity index (χ0n) is 7.03. The van der Waals surface area contributed by atoms with Crippen molar-refractivity contribution in [2.75, 3.05) is 13.1 Å². The third-order valence-corrected chi connectivity index (χ3v) is 2.19. The van der Waals surface area contributed by atoms with E-state index in [4.69, 9.17) is 5.11 Å². The SMILES string of the molecule is C=C(C)C1CN(C(=O)O)CC1O. The van der Waals surface area contributed by atoms with Crippen LogP contribution in [0.1, 0.15) is 6.92 Å². The fraction of sp³-hybridized carbons (Fsp3) is 0.625. The number of amides is 1. The van der Waals surface area contributed by atoms with E-state index in [1.165, 1.54) is 4.90 Å². The third-order valence-electron chi connectivity index (χ3n) is 2.19. The van der Waals surface area contributed by atoms with Crippen molar-refractivity contribution >= 4 is 6.09 Å². The number of hydrogen-bond donors (Lipinski definition) is 2. The molecule has 2 atom stereocenters. The summed E-state index contributed by atoms with van der Waals surface area (Å²) < 4.78 is 0. The van der Waals surface area contributed by atoms with E-state index in [2.05, 4.69) is 6.58 Å². The van der Waals surface area contributed by atoms with Crippen molar-refractivity contribution < 1.29 is 15.0 Å². The number of aliphatic hydroxyl groups is 1. The molecule has 68 valence electrons. The van der Waals surface area contributed by atoms with Crippen molar-refractivity contribution in [1.82, 2.24) is 4.90 Å². The monoisotopic (exact) mass is 171 g/mol. The smallest absolute Gasteiger partial charge is 0.407 e. The molecule has 0 aromatic rings. The van der Waals surface area contributed by atoms with Gasteiger partial charge in [-0.25, -0.2) is 4.79 Å². The van der Waals surface area contributed by atoms with E-state index in [1.54, 1.807) is 6.92 Å². The molecular weight excluding hydrogens is 158 g/mol. The minimum Gasteiger partial charge on any atom is -0.465 e. The Morgan fingerprint density at radius 1 is 1.58 bits per heavy atom. The topological polar surface area (TPSA) is 60.8 Å². The summed E-state index contributed by atoms with van der Waals surface area (Å²) in [4.78, 5) is 11.7. The molecule has 1 rings (SSSR count). The lowest BCUT2D eigenvalue weighted by Gasteiger charge is -2.11.